The molecule has 0 fully saturated rings. The summed E-state index contributed by atoms with van der Waals surface area (Å²) >= 11 is 0. The molecule has 0 aromatic heterocycles. The van der Waals surface area contributed by atoms with Gasteiger partial charge in [-0.2, -0.15) is 0 Å². The molecule has 1 nitrogen and oxygen atoms in total. The monoisotopic (exact) mass is 268 g/mol. The third kappa shape index (κ3) is 3.73. The number of hydrogen-bond acceptors (Lipinski definition) is 0. The van der Waals surface area contributed by atoms with Crippen molar-refractivity contribution >= 4 is 45.5 Å². The van der Waals surface area contributed by atoms with E-state index in [1.165, 1.54) is 11.4 Å². The molecule has 0 atom stereocenters. The molecular formula is C12H22NSr. The second-order valence-electron chi connectivity index (χ2n) is 5.72. The topological polar surface area (TPSA) is 14.1 Å². The first kappa shape index (κ1) is 14.8. The Bertz CT molecular complexity index is 233. The van der Waals surface area contributed by atoms with Gasteiger partial charge in [0.1, 0.15) is 0 Å². The van der Waals surface area contributed by atoms with Crippen LogP contribution in [-0.4, -0.2) is 45.5 Å². The molecule has 0 saturated heterocycles. The van der Waals surface area contributed by atoms with E-state index in [4.69, 9.17) is 0 Å². The van der Waals surface area contributed by atoms with Gasteiger partial charge < -0.3 is 0 Å². The average molecular weight is 268 g/mol. The third-order valence-electron chi connectivity index (χ3n) is 2.18. The van der Waals surface area contributed by atoms with Gasteiger partial charge in [0.05, 0.1) is 0 Å². The Morgan fingerprint density at radius 3 is 1.21 bits per heavy atom. The maximum atomic E-state index is 4.65. The quantitative estimate of drug-likeness (QED) is 0.599. The molecule has 1 heterocycles. The van der Waals surface area contributed by atoms with E-state index in [-0.39, 0.29) is 56.3 Å². The van der Waals surface area contributed by atoms with Gasteiger partial charge in [0.15, 0.2) is 0 Å². The van der Waals surface area contributed by atoms with Crippen LogP contribution in [0.2, 0.25) is 0 Å². The molecule has 0 aromatic carbocycles. The summed E-state index contributed by atoms with van der Waals surface area (Å²) in [5, 5.41) is 4.65. The van der Waals surface area contributed by atoms with Gasteiger partial charge in [-0.1, -0.05) is 41.5 Å². The molecule has 1 radical (unpaired) electrons. The predicted molar refractivity (Wildman–Crippen MR) is 65.8 cm³/mol. The molecule has 1 rings (SSSR count). The van der Waals surface area contributed by atoms with Crippen LogP contribution >= 0.6 is 0 Å². The second-order valence-corrected chi connectivity index (χ2v) is 5.72. The van der Waals surface area contributed by atoms with Gasteiger partial charge in [-0.3, -0.25) is 5.32 Å². The van der Waals surface area contributed by atoms with E-state index in [9.17, 15) is 0 Å². The van der Waals surface area contributed by atoms with Crippen molar-refractivity contribution in [1.82, 2.24) is 5.32 Å². The Kier molecular flexibility index (Phi) is 4.99. The fourth-order valence-corrected chi connectivity index (χ4v) is 1.20. The molecule has 1 aliphatic heterocycles. The number of nitrogens with zero attached hydrogens (tertiary/aromatic N) is 1. The van der Waals surface area contributed by atoms with Gasteiger partial charge in [-0.15, -0.1) is 0 Å². The van der Waals surface area contributed by atoms with Gasteiger partial charge in [0.2, 0.25) is 0 Å². The first-order chi connectivity index (χ1) is 5.71. The van der Waals surface area contributed by atoms with Crippen molar-refractivity contribution in [2.24, 2.45) is 10.8 Å². The zero-order valence-electron chi connectivity index (χ0n) is 9.60. The average Bonchev–Trinajstić information content (AvgIpc) is 2.28. The zero-order valence-corrected chi connectivity index (χ0v) is 9.60. The number of rotatable bonds is 0. The van der Waals surface area contributed by atoms with Crippen molar-refractivity contribution < 1.29 is 0 Å². The fourth-order valence-electron chi connectivity index (χ4n) is 1.20. The van der Waals surface area contributed by atoms with Crippen molar-refractivity contribution in [3.05, 3.63) is 23.5 Å². The molecule has 0 aliphatic carbocycles. The van der Waals surface area contributed by atoms with Gasteiger partial charge in [0, 0.05) is 22.2 Å². The molecule has 0 saturated carbocycles. The summed E-state index contributed by atoms with van der Waals surface area (Å²) in [5.41, 5.74) is 2.72. The van der Waals surface area contributed by atoms with Crippen LogP contribution in [0.15, 0.2) is 23.5 Å². The first-order valence-corrected chi connectivity index (χ1v) is 4.86. The van der Waals surface area contributed by atoms with Gasteiger partial charge in [-0.25, -0.2) is 0 Å². The van der Waals surface area contributed by atoms with E-state index in [1.54, 1.807) is 0 Å². The summed E-state index contributed by atoms with van der Waals surface area (Å²) in [6.07, 6.45) is 4.28. The SMILES string of the molecule is CC(C)(C)C1=CC=C(C(C)(C)C)[N]1.[SrH2]. The van der Waals surface area contributed by atoms with Crippen LogP contribution in [0.5, 0.6) is 0 Å². The molecular weight excluding hydrogens is 246 g/mol. The van der Waals surface area contributed by atoms with E-state index in [1.807, 2.05) is 0 Å². The Balaban J connectivity index is 0.00000169. The predicted octanol–water partition coefficient (Wildman–Crippen LogP) is 2.55. The van der Waals surface area contributed by atoms with Crippen LogP contribution < -0.4 is 5.32 Å². The Morgan fingerprint density at radius 1 is 0.786 bits per heavy atom. The van der Waals surface area contributed by atoms with Crippen LogP contribution in [-0.2, 0) is 0 Å². The molecule has 1 aliphatic rings. The van der Waals surface area contributed by atoms with E-state index < -0.39 is 0 Å². The third-order valence-corrected chi connectivity index (χ3v) is 2.18. The maximum absolute atomic E-state index is 4.65. The summed E-state index contributed by atoms with van der Waals surface area (Å²) in [4.78, 5) is 0. The molecule has 0 spiro atoms. The minimum absolute atomic E-state index is 0. The van der Waals surface area contributed by atoms with Crippen molar-refractivity contribution in [2.75, 3.05) is 0 Å². The molecule has 0 amide bonds. The van der Waals surface area contributed by atoms with E-state index in [0.717, 1.165) is 0 Å². The van der Waals surface area contributed by atoms with Crippen LogP contribution in [0.25, 0.3) is 0 Å². The Hall–Kier alpha value is 0.761. The summed E-state index contributed by atoms with van der Waals surface area (Å²) in [6, 6.07) is 0. The molecule has 0 bridgehead atoms. The Labute approximate surface area is 125 Å². The number of hydrogen-bond donors (Lipinski definition) is 0. The van der Waals surface area contributed by atoms with Gasteiger partial charge in [-0.05, 0) is 12.2 Å². The normalized spacial score (nSPS) is 16.7. The first-order valence-electron chi connectivity index (χ1n) is 4.86. The molecule has 0 aromatic rings. The second kappa shape index (κ2) is 4.73. The molecule has 0 unspecified atom stereocenters. The van der Waals surface area contributed by atoms with Crippen molar-refractivity contribution in [3.63, 3.8) is 0 Å². The van der Waals surface area contributed by atoms with Crippen molar-refractivity contribution in [1.29, 1.82) is 0 Å². The molecule has 0 N–H and O–H groups in total. The fraction of sp³-hybridized carbons (Fsp3) is 0.667. The number of allylic oxidation sites excluding steroid dienone is 4. The van der Waals surface area contributed by atoms with Crippen molar-refractivity contribution in [3.8, 4) is 0 Å². The van der Waals surface area contributed by atoms with Crippen LogP contribution in [0.1, 0.15) is 41.5 Å². The Morgan fingerprint density at radius 2 is 1.07 bits per heavy atom. The minimum atomic E-state index is 0. The summed E-state index contributed by atoms with van der Waals surface area (Å²) in [6.45, 7) is 13.2. The standard InChI is InChI=1S/C12H20N.Sr.2H/c1-11(2,3)9-7-8-10(13-9)12(4,5)6;;;/h7-8H,1-6H3;;;. The van der Waals surface area contributed by atoms with Crippen LogP contribution in [0.4, 0.5) is 0 Å². The summed E-state index contributed by atoms with van der Waals surface area (Å²) in [7, 11) is 0. The van der Waals surface area contributed by atoms with E-state index >= 15 is 0 Å². The van der Waals surface area contributed by atoms with Crippen LogP contribution in [0, 0.1) is 10.8 Å². The van der Waals surface area contributed by atoms with Gasteiger partial charge in [0.25, 0.3) is 0 Å². The van der Waals surface area contributed by atoms with Crippen molar-refractivity contribution in [2.45, 2.75) is 41.5 Å². The van der Waals surface area contributed by atoms with E-state index in [0.29, 0.717) is 0 Å². The summed E-state index contributed by atoms with van der Waals surface area (Å²) < 4.78 is 0. The molecule has 77 valence electrons. The summed E-state index contributed by atoms with van der Waals surface area (Å²) in [5.74, 6) is 0. The van der Waals surface area contributed by atoms with Crippen LogP contribution in [0.3, 0.4) is 0 Å². The zero-order chi connectivity index (χ0) is 10.3. The van der Waals surface area contributed by atoms with E-state index in [2.05, 4.69) is 59.0 Å². The molecule has 2 heteroatoms. The van der Waals surface area contributed by atoms with Gasteiger partial charge >= 0.3 is 45.5 Å². The molecule has 14 heavy (non-hydrogen) atoms.